The molecule has 0 radical (unpaired) electrons. The van der Waals surface area contributed by atoms with E-state index in [1.165, 1.54) is 51.4 Å². The number of nitrogens with one attached hydrogen (secondary N) is 1. The fourth-order valence-corrected chi connectivity index (χ4v) is 2.36. The van der Waals surface area contributed by atoms with Crippen molar-refractivity contribution < 1.29 is 0 Å². The van der Waals surface area contributed by atoms with Crippen LogP contribution in [0.15, 0.2) is 0 Å². The molecule has 0 aromatic carbocycles. The molecular weight excluding hydrogens is 206 g/mol. The Labute approximate surface area is 110 Å². The van der Waals surface area contributed by atoms with Crippen LogP contribution in [0.1, 0.15) is 86.0 Å². The van der Waals surface area contributed by atoms with Gasteiger partial charge in [-0.2, -0.15) is 0 Å². The zero-order chi connectivity index (χ0) is 13.1. The molecule has 0 fully saturated rings. The molecule has 0 rings (SSSR count). The second-order valence-corrected chi connectivity index (χ2v) is 6.14. The molecule has 0 saturated carbocycles. The van der Waals surface area contributed by atoms with E-state index >= 15 is 0 Å². The van der Waals surface area contributed by atoms with Crippen molar-refractivity contribution in [2.75, 3.05) is 0 Å². The summed E-state index contributed by atoms with van der Waals surface area (Å²) in [6, 6.07) is 1.39. The first-order valence-electron chi connectivity index (χ1n) is 7.82. The third-order valence-electron chi connectivity index (χ3n) is 3.48. The van der Waals surface area contributed by atoms with Gasteiger partial charge in [0.15, 0.2) is 0 Å². The summed E-state index contributed by atoms with van der Waals surface area (Å²) in [7, 11) is 0. The topological polar surface area (TPSA) is 12.0 Å². The van der Waals surface area contributed by atoms with Crippen LogP contribution in [0, 0.1) is 5.92 Å². The van der Waals surface area contributed by atoms with Gasteiger partial charge in [0, 0.05) is 12.1 Å². The van der Waals surface area contributed by atoms with Crippen LogP contribution in [-0.2, 0) is 0 Å². The van der Waals surface area contributed by atoms with Crippen molar-refractivity contribution >= 4 is 0 Å². The van der Waals surface area contributed by atoms with Crippen molar-refractivity contribution in [3.63, 3.8) is 0 Å². The molecule has 2 unspecified atom stereocenters. The molecule has 1 heteroatoms. The summed E-state index contributed by atoms with van der Waals surface area (Å²) in [6.45, 7) is 11.6. The number of rotatable bonds is 11. The van der Waals surface area contributed by atoms with E-state index in [4.69, 9.17) is 0 Å². The maximum atomic E-state index is 3.73. The van der Waals surface area contributed by atoms with Crippen molar-refractivity contribution in [3.8, 4) is 0 Å². The lowest BCUT2D eigenvalue weighted by Gasteiger charge is -2.20. The highest BCUT2D eigenvalue weighted by molar-refractivity contribution is 4.68. The van der Waals surface area contributed by atoms with Gasteiger partial charge >= 0.3 is 0 Å². The monoisotopic (exact) mass is 241 g/mol. The van der Waals surface area contributed by atoms with Gasteiger partial charge in [0.25, 0.3) is 0 Å². The van der Waals surface area contributed by atoms with Crippen molar-refractivity contribution in [1.82, 2.24) is 5.32 Å². The summed E-state index contributed by atoms with van der Waals surface area (Å²) in [6.07, 6.45) is 11.0. The van der Waals surface area contributed by atoms with Crippen LogP contribution in [0.2, 0.25) is 0 Å². The van der Waals surface area contributed by atoms with Crippen LogP contribution in [0.4, 0.5) is 0 Å². The predicted octanol–water partition coefficient (Wildman–Crippen LogP) is 5.15. The van der Waals surface area contributed by atoms with Crippen LogP contribution in [0.25, 0.3) is 0 Å². The lowest BCUT2D eigenvalue weighted by molar-refractivity contribution is 0.396. The highest BCUT2D eigenvalue weighted by Gasteiger charge is 2.07. The van der Waals surface area contributed by atoms with Crippen LogP contribution in [0.5, 0.6) is 0 Å². The summed E-state index contributed by atoms with van der Waals surface area (Å²) < 4.78 is 0. The van der Waals surface area contributed by atoms with E-state index in [0.29, 0.717) is 12.1 Å². The third kappa shape index (κ3) is 12.2. The fourth-order valence-electron chi connectivity index (χ4n) is 2.36. The number of hydrogen-bond acceptors (Lipinski definition) is 1. The van der Waals surface area contributed by atoms with Gasteiger partial charge < -0.3 is 5.32 Å². The lowest BCUT2D eigenvalue weighted by atomic mass is 10.0. The molecule has 0 aromatic rings. The normalized spacial score (nSPS) is 15.2. The van der Waals surface area contributed by atoms with E-state index in [1.54, 1.807) is 0 Å². The number of unbranched alkanes of at least 4 members (excludes halogenated alkanes) is 3. The summed E-state index contributed by atoms with van der Waals surface area (Å²) in [5.74, 6) is 0.855. The first-order chi connectivity index (χ1) is 8.06. The maximum absolute atomic E-state index is 3.73. The Morgan fingerprint density at radius 3 is 1.82 bits per heavy atom. The third-order valence-corrected chi connectivity index (χ3v) is 3.48. The van der Waals surface area contributed by atoms with E-state index in [0.717, 1.165) is 5.92 Å². The van der Waals surface area contributed by atoms with Crippen LogP contribution < -0.4 is 5.32 Å². The molecule has 0 bridgehead atoms. The maximum Gasteiger partial charge on any atom is 0.00412 e. The smallest absolute Gasteiger partial charge is 0.00412 e. The minimum atomic E-state index is 0.690. The van der Waals surface area contributed by atoms with E-state index in [9.17, 15) is 0 Å². The summed E-state index contributed by atoms with van der Waals surface area (Å²) in [5, 5.41) is 3.73. The minimum absolute atomic E-state index is 0.690. The van der Waals surface area contributed by atoms with Gasteiger partial charge in [0.1, 0.15) is 0 Å². The van der Waals surface area contributed by atoms with Crippen LogP contribution >= 0.6 is 0 Å². The number of hydrogen-bond donors (Lipinski definition) is 1. The van der Waals surface area contributed by atoms with Gasteiger partial charge in [0.2, 0.25) is 0 Å². The highest BCUT2D eigenvalue weighted by Crippen LogP contribution is 2.10. The molecular formula is C16H35N. The molecule has 1 N–H and O–H groups in total. The Kier molecular flexibility index (Phi) is 11.0. The molecule has 17 heavy (non-hydrogen) atoms. The lowest BCUT2D eigenvalue weighted by Crippen LogP contribution is -2.34. The molecule has 1 nitrogen and oxygen atoms in total. The van der Waals surface area contributed by atoms with E-state index < -0.39 is 0 Å². The zero-order valence-electron chi connectivity index (χ0n) is 12.9. The standard InChI is InChI=1S/C16H35N/c1-6-7-8-9-12-15(4)17-16(5)13-10-11-14(2)3/h14-17H,6-13H2,1-5H3. The fraction of sp³-hybridized carbons (Fsp3) is 1.00. The van der Waals surface area contributed by atoms with E-state index in [1.807, 2.05) is 0 Å². The Bertz CT molecular complexity index is 154. The summed E-state index contributed by atoms with van der Waals surface area (Å²) >= 11 is 0. The summed E-state index contributed by atoms with van der Waals surface area (Å²) in [4.78, 5) is 0. The Morgan fingerprint density at radius 2 is 1.29 bits per heavy atom. The molecule has 0 spiro atoms. The first-order valence-corrected chi connectivity index (χ1v) is 7.82. The van der Waals surface area contributed by atoms with Crippen LogP contribution in [0.3, 0.4) is 0 Å². The van der Waals surface area contributed by atoms with Crippen molar-refractivity contribution in [1.29, 1.82) is 0 Å². The van der Waals surface area contributed by atoms with Crippen LogP contribution in [-0.4, -0.2) is 12.1 Å². The zero-order valence-corrected chi connectivity index (χ0v) is 12.9. The second kappa shape index (κ2) is 11.1. The van der Waals surface area contributed by atoms with Gasteiger partial charge in [0.05, 0.1) is 0 Å². The largest absolute Gasteiger partial charge is 0.312 e. The first kappa shape index (κ1) is 17.0. The molecule has 0 aromatic heterocycles. The van der Waals surface area contributed by atoms with Crippen molar-refractivity contribution in [2.24, 2.45) is 5.92 Å². The molecule has 0 aliphatic carbocycles. The SMILES string of the molecule is CCCCCCC(C)NC(C)CCCC(C)C. The van der Waals surface area contributed by atoms with Gasteiger partial charge in [-0.3, -0.25) is 0 Å². The highest BCUT2D eigenvalue weighted by atomic mass is 14.9. The predicted molar refractivity (Wildman–Crippen MR) is 79.5 cm³/mol. The van der Waals surface area contributed by atoms with Gasteiger partial charge in [-0.25, -0.2) is 0 Å². The Morgan fingerprint density at radius 1 is 0.706 bits per heavy atom. The van der Waals surface area contributed by atoms with Gasteiger partial charge in [-0.15, -0.1) is 0 Å². The second-order valence-electron chi connectivity index (χ2n) is 6.14. The Balaban J connectivity index is 3.41. The van der Waals surface area contributed by atoms with E-state index in [-0.39, 0.29) is 0 Å². The van der Waals surface area contributed by atoms with Crippen molar-refractivity contribution in [2.45, 2.75) is 98.1 Å². The molecule has 0 aliphatic rings. The molecule has 2 atom stereocenters. The van der Waals surface area contributed by atoms with E-state index in [2.05, 4.69) is 39.9 Å². The average Bonchev–Trinajstić information content (AvgIpc) is 2.23. The molecule has 0 heterocycles. The quantitative estimate of drug-likeness (QED) is 0.493. The van der Waals surface area contributed by atoms with Gasteiger partial charge in [-0.05, 0) is 32.6 Å². The average molecular weight is 241 g/mol. The molecule has 0 saturated heterocycles. The Hall–Kier alpha value is -0.0400. The minimum Gasteiger partial charge on any atom is -0.312 e. The molecule has 0 amide bonds. The van der Waals surface area contributed by atoms with Crippen molar-refractivity contribution in [3.05, 3.63) is 0 Å². The molecule has 0 aliphatic heterocycles. The van der Waals surface area contributed by atoms with Gasteiger partial charge in [-0.1, -0.05) is 59.3 Å². The summed E-state index contributed by atoms with van der Waals surface area (Å²) in [5.41, 5.74) is 0. The molecule has 104 valence electrons.